The molecule has 0 radical (unpaired) electrons. The van der Waals surface area contributed by atoms with Crippen LogP contribution in [0.15, 0.2) is 42.9 Å². The van der Waals surface area contributed by atoms with Crippen LogP contribution in [0, 0.1) is 11.7 Å². The molecule has 2 heterocycles. The molecule has 0 N–H and O–H groups in total. The molecule has 0 amide bonds. The summed E-state index contributed by atoms with van der Waals surface area (Å²) in [5.41, 5.74) is 1.21. The first-order valence-electron chi connectivity index (χ1n) is 7.06. The average Bonchev–Trinajstić information content (AvgIpc) is 2.51. The van der Waals surface area contributed by atoms with Gasteiger partial charge >= 0.3 is 0 Å². The fourth-order valence-electron chi connectivity index (χ4n) is 2.86. The third-order valence-corrected chi connectivity index (χ3v) is 3.85. The number of hydrogen-bond acceptors (Lipinski definition) is 3. The molecule has 1 aliphatic rings. The molecule has 0 saturated carbocycles. The molecule has 1 aliphatic heterocycles. The first-order chi connectivity index (χ1) is 9.81. The van der Waals surface area contributed by atoms with Crippen molar-refractivity contribution in [2.75, 3.05) is 18.0 Å². The van der Waals surface area contributed by atoms with Crippen LogP contribution in [0.2, 0.25) is 0 Å². The van der Waals surface area contributed by atoms with Gasteiger partial charge in [0, 0.05) is 19.3 Å². The fourth-order valence-corrected chi connectivity index (χ4v) is 2.86. The maximum Gasteiger partial charge on any atom is 0.131 e. The molecule has 1 fully saturated rings. The van der Waals surface area contributed by atoms with Gasteiger partial charge in [0.25, 0.3) is 0 Å². The van der Waals surface area contributed by atoms with Gasteiger partial charge in [0.1, 0.15) is 18.0 Å². The summed E-state index contributed by atoms with van der Waals surface area (Å²) in [6.45, 7) is 2.06. The van der Waals surface area contributed by atoms with Crippen molar-refractivity contribution in [3.05, 3.63) is 54.2 Å². The summed E-state index contributed by atoms with van der Waals surface area (Å²) in [7, 11) is 0. The van der Waals surface area contributed by atoms with E-state index in [0.29, 0.717) is 5.92 Å². The number of piperidine rings is 1. The Labute approximate surface area is 118 Å². The summed E-state index contributed by atoms with van der Waals surface area (Å²) in [5.74, 6) is 1.44. The van der Waals surface area contributed by atoms with Gasteiger partial charge in [-0.2, -0.15) is 0 Å². The highest BCUT2D eigenvalue weighted by Crippen LogP contribution is 2.24. The Balaban J connectivity index is 1.65. The van der Waals surface area contributed by atoms with E-state index in [4.69, 9.17) is 0 Å². The highest BCUT2D eigenvalue weighted by molar-refractivity contribution is 5.37. The molecular weight excluding hydrogens is 253 g/mol. The highest BCUT2D eigenvalue weighted by Gasteiger charge is 2.21. The number of halogens is 1. The normalized spacial score (nSPS) is 19.1. The van der Waals surface area contributed by atoms with Crippen LogP contribution < -0.4 is 4.90 Å². The molecule has 3 rings (SSSR count). The van der Waals surface area contributed by atoms with E-state index in [1.54, 1.807) is 24.7 Å². The van der Waals surface area contributed by atoms with E-state index < -0.39 is 0 Å². The van der Waals surface area contributed by atoms with Gasteiger partial charge in [-0.1, -0.05) is 12.1 Å². The average molecular weight is 271 g/mol. The lowest BCUT2D eigenvalue weighted by atomic mass is 9.91. The summed E-state index contributed by atoms with van der Waals surface area (Å²) >= 11 is 0. The van der Waals surface area contributed by atoms with Gasteiger partial charge < -0.3 is 4.90 Å². The Morgan fingerprint density at radius 2 is 2.05 bits per heavy atom. The summed E-state index contributed by atoms with van der Waals surface area (Å²) in [5, 5.41) is 0. The lowest BCUT2D eigenvalue weighted by Crippen LogP contribution is -2.36. The standard InChI is InChI=1S/C16H18FN3/c17-15-5-3-13(4-6-15)10-14-2-1-9-20(11-14)16-7-8-18-12-19-16/h3-8,12,14H,1-2,9-11H2. The van der Waals surface area contributed by atoms with Crippen molar-refractivity contribution < 1.29 is 4.39 Å². The molecule has 4 heteroatoms. The van der Waals surface area contributed by atoms with E-state index in [0.717, 1.165) is 25.3 Å². The summed E-state index contributed by atoms with van der Waals surface area (Å²) in [6, 6.07) is 8.82. The largest absolute Gasteiger partial charge is 0.356 e. The van der Waals surface area contributed by atoms with Crippen molar-refractivity contribution in [1.29, 1.82) is 0 Å². The summed E-state index contributed by atoms with van der Waals surface area (Å²) in [4.78, 5) is 10.6. The molecule has 0 aliphatic carbocycles. The van der Waals surface area contributed by atoms with Crippen LogP contribution in [0.25, 0.3) is 0 Å². The van der Waals surface area contributed by atoms with Crippen molar-refractivity contribution in [2.45, 2.75) is 19.3 Å². The Hall–Kier alpha value is -1.97. The molecule has 2 aromatic rings. The molecular formula is C16H18FN3. The molecule has 1 atom stereocenters. The van der Waals surface area contributed by atoms with Crippen LogP contribution in [-0.4, -0.2) is 23.1 Å². The summed E-state index contributed by atoms with van der Waals surface area (Å²) in [6.07, 6.45) is 6.78. The minimum absolute atomic E-state index is 0.167. The third-order valence-electron chi connectivity index (χ3n) is 3.85. The van der Waals surface area contributed by atoms with Crippen LogP contribution in [0.5, 0.6) is 0 Å². The lowest BCUT2D eigenvalue weighted by Gasteiger charge is -2.33. The molecule has 0 spiro atoms. The van der Waals surface area contributed by atoms with Crippen molar-refractivity contribution in [2.24, 2.45) is 5.92 Å². The molecule has 1 saturated heterocycles. The number of nitrogens with zero attached hydrogens (tertiary/aromatic N) is 3. The Kier molecular flexibility index (Phi) is 3.90. The van der Waals surface area contributed by atoms with E-state index in [1.165, 1.54) is 18.4 Å². The molecule has 0 bridgehead atoms. The quantitative estimate of drug-likeness (QED) is 0.859. The van der Waals surface area contributed by atoms with Crippen LogP contribution in [0.1, 0.15) is 18.4 Å². The molecule has 20 heavy (non-hydrogen) atoms. The van der Waals surface area contributed by atoms with Crippen molar-refractivity contribution in [3.63, 3.8) is 0 Å². The SMILES string of the molecule is Fc1ccc(CC2CCCN(c3ccncn3)C2)cc1. The smallest absolute Gasteiger partial charge is 0.131 e. The maximum atomic E-state index is 12.9. The zero-order valence-electron chi connectivity index (χ0n) is 11.4. The topological polar surface area (TPSA) is 29.0 Å². The van der Waals surface area contributed by atoms with Gasteiger partial charge in [0.2, 0.25) is 0 Å². The predicted octanol–water partition coefficient (Wildman–Crippen LogP) is 3.07. The number of aromatic nitrogens is 2. The minimum atomic E-state index is -0.167. The molecule has 1 unspecified atom stereocenters. The van der Waals surface area contributed by atoms with Gasteiger partial charge in [-0.05, 0) is 48.9 Å². The first kappa shape index (κ1) is 13.0. The van der Waals surface area contributed by atoms with Gasteiger partial charge in [-0.25, -0.2) is 14.4 Å². The van der Waals surface area contributed by atoms with Crippen molar-refractivity contribution in [3.8, 4) is 0 Å². The second-order valence-electron chi connectivity index (χ2n) is 5.35. The first-order valence-corrected chi connectivity index (χ1v) is 7.06. The highest BCUT2D eigenvalue weighted by atomic mass is 19.1. The van der Waals surface area contributed by atoms with Crippen LogP contribution in [0.4, 0.5) is 10.2 Å². The zero-order chi connectivity index (χ0) is 13.8. The van der Waals surface area contributed by atoms with Gasteiger partial charge in [-0.3, -0.25) is 0 Å². The van der Waals surface area contributed by atoms with Crippen LogP contribution >= 0.6 is 0 Å². The van der Waals surface area contributed by atoms with E-state index in [2.05, 4.69) is 14.9 Å². The third kappa shape index (κ3) is 3.13. The van der Waals surface area contributed by atoms with E-state index in [-0.39, 0.29) is 5.82 Å². The molecule has 104 valence electrons. The predicted molar refractivity (Wildman–Crippen MR) is 77.1 cm³/mol. The number of hydrogen-bond donors (Lipinski definition) is 0. The van der Waals surface area contributed by atoms with Gasteiger partial charge in [-0.15, -0.1) is 0 Å². The maximum absolute atomic E-state index is 12.9. The zero-order valence-corrected chi connectivity index (χ0v) is 11.4. The number of rotatable bonds is 3. The molecule has 1 aromatic heterocycles. The molecule has 1 aromatic carbocycles. The second kappa shape index (κ2) is 5.99. The Bertz CT molecular complexity index is 541. The second-order valence-corrected chi connectivity index (χ2v) is 5.35. The lowest BCUT2D eigenvalue weighted by molar-refractivity contribution is 0.411. The summed E-state index contributed by atoms with van der Waals surface area (Å²) < 4.78 is 12.9. The van der Waals surface area contributed by atoms with Gasteiger partial charge in [0.05, 0.1) is 0 Å². The van der Waals surface area contributed by atoms with E-state index in [1.807, 2.05) is 18.2 Å². The fraction of sp³-hybridized carbons (Fsp3) is 0.375. The number of benzene rings is 1. The van der Waals surface area contributed by atoms with Crippen LogP contribution in [-0.2, 0) is 6.42 Å². The van der Waals surface area contributed by atoms with E-state index in [9.17, 15) is 4.39 Å². The molecule has 3 nitrogen and oxygen atoms in total. The van der Waals surface area contributed by atoms with Gasteiger partial charge in [0.15, 0.2) is 0 Å². The van der Waals surface area contributed by atoms with Crippen LogP contribution in [0.3, 0.4) is 0 Å². The van der Waals surface area contributed by atoms with E-state index >= 15 is 0 Å². The van der Waals surface area contributed by atoms with Crippen molar-refractivity contribution >= 4 is 5.82 Å². The monoisotopic (exact) mass is 271 g/mol. The Morgan fingerprint density at radius 1 is 1.20 bits per heavy atom. The minimum Gasteiger partial charge on any atom is -0.356 e. The van der Waals surface area contributed by atoms with Crippen molar-refractivity contribution in [1.82, 2.24) is 9.97 Å². The number of anilines is 1. The Morgan fingerprint density at radius 3 is 2.80 bits per heavy atom.